The van der Waals surface area contributed by atoms with Crippen molar-refractivity contribution in [3.63, 3.8) is 0 Å². The van der Waals surface area contributed by atoms with Crippen molar-refractivity contribution >= 4 is 16.8 Å². The highest BCUT2D eigenvalue weighted by Crippen LogP contribution is 2.14. The van der Waals surface area contributed by atoms with Gasteiger partial charge < -0.3 is 10.3 Å². The van der Waals surface area contributed by atoms with Crippen LogP contribution in [0, 0.1) is 0 Å². The fourth-order valence-corrected chi connectivity index (χ4v) is 2.33. The van der Waals surface area contributed by atoms with Crippen LogP contribution < -0.4 is 5.32 Å². The summed E-state index contributed by atoms with van der Waals surface area (Å²) in [5.74, 6) is -0.0780. The fraction of sp³-hybridized carbons (Fsp3) is 0.250. The van der Waals surface area contributed by atoms with Gasteiger partial charge in [-0.25, -0.2) is 0 Å². The molecule has 0 aliphatic carbocycles. The molecule has 0 unspecified atom stereocenters. The Morgan fingerprint density at radius 2 is 2.24 bits per heavy atom. The van der Waals surface area contributed by atoms with Crippen LogP contribution in [0.2, 0.25) is 0 Å². The number of fused-ring (bicyclic) bond motifs is 1. The van der Waals surface area contributed by atoms with Crippen LogP contribution in [0.5, 0.6) is 0 Å². The summed E-state index contributed by atoms with van der Waals surface area (Å²) >= 11 is 0. The molecule has 3 rings (SSSR count). The molecule has 0 spiro atoms. The summed E-state index contributed by atoms with van der Waals surface area (Å²) in [5, 5.41) is 8.21. The van der Waals surface area contributed by atoms with Crippen molar-refractivity contribution in [2.75, 3.05) is 6.54 Å². The number of nitrogens with one attached hydrogen (secondary N) is 2. The lowest BCUT2D eigenvalue weighted by Crippen LogP contribution is -2.25. The lowest BCUT2D eigenvalue weighted by molar-refractivity contribution is 0.0954. The van der Waals surface area contributed by atoms with E-state index >= 15 is 0 Å². The second kappa shape index (κ2) is 5.83. The largest absolute Gasteiger partial charge is 0.358 e. The maximum atomic E-state index is 12.0. The minimum Gasteiger partial charge on any atom is -0.358 e. The molecular weight excluding hydrogens is 264 g/mol. The first-order valence-corrected chi connectivity index (χ1v) is 7.13. The van der Waals surface area contributed by atoms with E-state index in [1.807, 2.05) is 19.1 Å². The minimum absolute atomic E-state index is 0.0780. The molecule has 1 amide bonds. The van der Waals surface area contributed by atoms with Crippen molar-refractivity contribution in [2.45, 2.75) is 19.9 Å². The van der Waals surface area contributed by atoms with Gasteiger partial charge in [0, 0.05) is 36.9 Å². The smallest absolute Gasteiger partial charge is 0.254 e. The summed E-state index contributed by atoms with van der Waals surface area (Å²) in [4.78, 5) is 15.3. The van der Waals surface area contributed by atoms with Gasteiger partial charge in [0.1, 0.15) is 0 Å². The van der Waals surface area contributed by atoms with E-state index in [4.69, 9.17) is 0 Å². The Bertz CT molecular complexity index is 723. The summed E-state index contributed by atoms with van der Waals surface area (Å²) < 4.78 is 1.74. The monoisotopic (exact) mass is 282 g/mol. The molecular formula is C16H18N4O. The lowest BCUT2D eigenvalue weighted by atomic mass is 10.2. The van der Waals surface area contributed by atoms with Gasteiger partial charge in [-0.3, -0.25) is 9.48 Å². The van der Waals surface area contributed by atoms with E-state index in [1.54, 1.807) is 17.1 Å². The van der Waals surface area contributed by atoms with E-state index in [0.29, 0.717) is 12.1 Å². The van der Waals surface area contributed by atoms with Crippen molar-refractivity contribution in [2.24, 2.45) is 0 Å². The molecule has 2 aromatic heterocycles. The number of aromatic amines is 1. The number of aryl methyl sites for hydroxylation is 1. The molecule has 5 nitrogen and oxygen atoms in total. The Morgan fingerprint density at radius 3 is 3.00 bits per heavy atom. The topological polar surface area (TPSA) is 62.7 Å². The Morgan fingerprint density at radius 1 is 1.38 bits per heavy atom. The third-order valence-corrected chi connectivity index (χ3v) is 3.49. The van der Waals surface area contributed by atoms with E-state index in [9.17, 15) is 4.79 Å². The van der Waals surface area contributed by atoms with Crippen LogP contribution in [0.1, 0.15) is 23.0 Å². The zero-order valence-electron chi connectivity index (χ0n) is 12.0. The van der Waals surface area contributed by atoms with Crippen LogP contribution >= 0.6 is 0 Å². The fourth-order valence-electron chi connectivity index (χ4n) is 2.33. The highest BCUT2D eigenvalue weighted by Gasteiger charge is 2.08. The molecule has 0 saturated heterocycles. The first-order valence-electron chi connectivity index (χ1n) is 7.13. The van der Waals surface area contributed by atoms with Crippen molar-refractivity contribution < 1.29 is 4.79 Å². The van der Waals surface area contributed by atoms with Crippen LogP contribution in [0.4, 0.5) is 0 Å². The average Bonchev–Trinajstić information content (AvgIpc) is 3.13. The molecule has 108 valence electrons. The van der Waals surface area contributed by atoms with Gasteiger partial charge in [0.15, 0.2) is 0 Å². The first-order chi connectivity index (χ1) is 10.3. The molecule has 21 heavy (non-hydrogen) atoms. The van der Waals surface area contributed by atoms with Crippen LogP contribution in [-0.4, -0.2) is 27.2 Å². The summed E-state index contributed by atoms with van der Waals surface area (Å²) in [6.45, 7) is 3.36. The predicted molar refractivity (Wildman–Crippen MR) is 82.2 cm³/mol. The van der Waals surface area contributed by atoms with Crippen LogP contribution in [0.25, 0.3) is 10.9 Å². The Balaban J connectivity index is 1.56. The highest BCUT2D eigenvalue weighted by molar-refractivity contribution is 5.93. The molecule has 0 atom stereocenters. The SMILES string of the molecule is CCn1cc(C(=O)NCCc2cc3ccccc3[nH]2)cn1. The quantitative estimate of drug-likeness (QED) is 0.754. The number of hydrogen-bond acceptors (Lipinski definition) is 2. The second-order valence-electron chi connectivity index (χ2n) is 4.97. The third kappa shape index (κ3) is 2.97. The van der Waals surface area contributed by atoms with Crippen molar-refractivity contribution in [3.8, 4) is 0 Å². The maximum Gasteiger partial charge on any atom is 0.254 e. The highest BCUT2D eigenvalue weighted by atomic mass is 16.1. The molecule has 0 saturated carbocycles. The lowest BCUT2D eigenvalue weighted by Gasteiger charge is -2.02. The van der Waals surface area contributed by atoms with Gasteiger partial charge in [0.05, 0.1) is 11.8 Å². The molecule has 0 aliphatic rings. The van der Waals surface area contributed by atoms with E-state index in [0.717, 1.165) is 24.2 Å². The summed E-state index contributed by atoms with van der Waals surface area (Å²) in [5.41, 5.74) is 2.86. The number of hydrogen-bond donors (Lipinski definition) is 2. The minimum atomic E-state index is -0.0780. The third-order valence-electron chi connectivity index (χ3n) is 3.49. The summed E-state index contributed by atoms with van der Waals surface area (Å²) in [6.07, 6.45) is 4.14. The molecule has 0 radical (unpaired) electrons. The molecule has 1 aromatic carbocycles. The Hall–Kier alpha value is -2.56. The van der Waals surface area contributed by atoms with Gasteiger partial charge in [-0.2, -0.15) is 5.10 Å². The molecule has 2 heterocycles. The summed E-state index contributed by atoms with van der Waals surface area (Å²) in [6, 6.07) is 10.3. The maximum absolute atomic E-state index is 12.0. The van der Waals surface area contributed by atoms with Gasteiger partial charge in [-0.05, 0) is 24.4 Å². The van der Waals surface area contributed by atoms with E-state index < -0.39 is 0 Å². The number of rotatable bonds is 5. The second-order valence-corrected chi connectivity index (χ2v) is 4.97. The van der Waals surface area contributed by atoms with Crippen molar-refractivity contribution in [1.29, 1.82) is 0 Å². The van der Waals surface area contributed by atoms with E-state index in [2.05, 4.69) is 33.6 Å². The molecule has 5 heteroatoms. The molecule has 2 N–H and O–H groups in total. The number of benzene rings is 1. The van der Waals surface area contributed by atoms with Gasteiger partial charge in [0.25, 0.3) is 5.91 Å². The number of para-hydroxylation sites is 1. The van der Waals surface area contributed by atoms with Crippen molar-refractivity contribution in [1.82, 2.24) is 20.1 Å². The molecule has 0 bridgehead atoms. The van der Waals surface area contributed by atoms with E-state index in [1.165, 1.54) is 5.39 Å². The average molecular weight is 282 g/mol. The molecule has 3 aromatic rings. The van der Waals surface area contributed by atoms with Gasteiger partial charge in [-0.15, -0.1) is 0 Å². The molecule has 0 aliphatic heterocycles. The molecule has 0 fully saturated rings. The van der Waals surface area contributed by atoms with Crippen molar-refractivity contribution in [3.05, 3.63) is 54.0 Å². The number of H-pyrrole nitrogens is 1. The van der Waals surface area contributed by atoms with Crippen LogP contribution in [0.15, 0.2) is 42.7 Å². The zero-order chi connectivity index (χ0) is 14.7. The number of nitrogens with zero attached hydrogens (tertiary/aromatic N) is 2. The summed E-state index contributed by atoms with van der Waals surface area (Å²) in [7, 11) is 0. The Kier molecular flexibility index (Phi) is 3.73. The van der Waals surface area contributed by atoms with Gasteiger partial charge in [-0.1, -0.05) is 18.2 Å². The number of carbonyl (C=O) groups excluding carboxylic acids is 1. The Labute approximate surface area is 123 Å². The first kappa shape index (κ1) is 13.4. The normalized spacial score (nSPS) is 10.9. The van der Waals surface area contributed by atoms with Crippen LogP contribution in [-0.2, 0) is 13.0 Å². The van der Waals surface area contributed by atoms with E-state index in [-0.39, 0.29) is 5.91 Å². The van der Waals surface area contributed by atoms with Gasteiger partial charge in [0.2, 0.25) is 0 Å². The standard InChI is InChI=1S/C16H18N4O/c1-2-20-11-13(10-18-20)16(21)17-8-7-14-9-12-5-3-4-6-15(12)19-14/h3-6,9-11,19H,2,7-8H2,1H3,(H,17,21). The number of aromatic nitrogens is 3. The number of carbonyl (C=O) groups is 1. The zero-order valence-corrected chi connectivity index (χ0v) is 12.0. The van der Waals surface area contributed by atoms with Gasteiger partial charge >= 0.3 is 0 Å². The number of amides is 1. The van der Waals surface area contributed by atoms with Crippen LogP contribution in [0.3, 0.4) is 0 Å². The predicted octanol–water partition coefficient (Wildman–Crippen LogP) is 2.36.